The van der Waals surface area contributed by atoms with Crippen molar-refractivity contribution in [2.45, 2.75) is 25.6 Å². The van der Waals surface area contributed by atoms with Crippen LogP contribution >= 0.6 is 0 Å². The number of hydrogen-bond donors (Lipinski definition) is 2. The van der Waals surface area contributed by atoms with E-state index in [0.29, 0.717) is 0 Å². The molecule has 2 aliphatic rings. The maximum Gasteiger partial charge on any atom is 0.223 e. The van der Waals surface area contributed by atoms with Crippen LogP contribution in [0.2, 0.25) is 0 Å². The van der Waals surface area contributed by atoms with Gasteiger partial charge in [0.25, 0.3) is 0 Å². The Morgan fingerprint density at radius 2 is 1.67 bits per heavy atom. The monoisotopic (exact) mass is 320 g/mol. The second kappa shape index (κ2) is 6.17. The maximum atomic E-state index is 3.82. The predicted molar refractivity (Wildman–Crippen MR) is 100 cm³/mol. The normalized spacial score (nSPS) is 25.2. The molecule has 124 valence electrons. The largest absolute Gasteiger partial charge is 0.249 e. The molecule has 0 spiro atoms. The highest BCUT2D eigenvalue weighted by molar-refractivity contribution is 5.50. The minimum atomic E-state index is -0.177. The van der Waals surface area contributed by atoms with E-state index in [4.69, 9.17) is 0 Å². The lowest BCUT2D eigenvalue weighted by atomic mass is 10.0. The van der Waals surface area contributed by atoms with Crippen molar-refractivity contribution in [2.75, 3.05) is 19.6 Å². The van der Waals surface area contributed by atoms with Gasteiger partial charge >= 0.3 is 0 Å². The molecule has 0 radical (unpaired) electrons. The first-order valence-corrected chi connectivity index (χ1v) is 8.91. The molecule has 24 heavy (non-hydrogen) atoms. The average Bonchev–Trinajstić information content (AvgIpc) is 3.27. The molecule has 2 aromatic rings. The van der Waals surface area contributed by atoms with E-state index < -0.39 is 0 Å². The van der Waals surface area contributed by atoms with Crippen LogP contribution in [-0.2, 0) is 6.42 Å². The molecule has 1 saturated heterocycles. The molecule has 2 aromatic carbocycles. The Bertz CT molecular complexity index is 715. The van der Waals surface area contributed by atoms with Gasteiger partial charge < -0.3 is 0 Å². The molecule has 0 aliphatic carbocycles. The number of benzene rings is 2. The molecular weight excluding hydrogens is 294 g/mol. The van der Waals surface area contributed by atoms with Crippen LogP contribution in [0.15, 0.2) is 66.9 Å². The second-order valence-electron chi connectivity index (χ2n) is 6.98. The van der Waals surface area contributed by atoms with Gasteiger partial charge in [0.1, 0.15) is 5.69 Å². The van der Waals surface area contributed by atoms with Crippen LogP contribution in [0, 0.1) is 6.92 Å². The van der Waals surface area contributed by atoms with E-state index in [1.807, 2.05) is 0 Å². The Balaban J connectivity index is 1.79. The Labute approximate surface area is 144 Å². The molecule has 0 saturated carbocycles. The van der Waals surface area contributed by atoms with Gasteiger partial charge in [-0.25, -0.2) is 15.1 Å². The molecule has 1 atom stereocenters. The highest BCUT2D eigenvalue weighted by Crippen LogP contribution is 2.38. The third-order valence-corrected chi connectivity index (χ3v) is 5.45. The Kier molecular flexibility index (Phi) is 4.01. The van der Waals surface area contributed by atoms with Crippen LogP contribution in [-0.4, -0.2) is 25.4 Å². The summed E-state index contributed by atoms with van der Waals surface area (Å²) in [5, 5.41) is 7.65. The Morgan fingerprint density at radius 3 is 2.29 bits per heavy atom. The fraction of sp³-hybridized carbons (Fsp3) is 0.333. The average molecular weight is 320 g/mol. The topological polar surface area (TPSA) is 24.1 Å². The van der Waals surface area contributed by atoms with Crippen molar-refractivity contribution in [3.63, 3.8) is 0 Å². The predicted octanol–water partition coefficient (Wildman–Crippen LogP) is 3.31. The van der Waals surface area contributed by atoms with Crippen LogP contribution in [0.5, 0.6) is 0 Å². The molecule has 0 amide bonds. The van der Waals surface area contributed by atoms with Crippen molar-refractivity contribution in [3.8, 4) is 0 Å². The standard InChI is InChI=1S/C21H26N3/c1-18-9-11-20(12-10-18)24(15-5-6-16-24)21(22-13-14-23-21)17-19-7-3-2-4-8-19/h2-5,7-12,15,22-23H,6,13-14,16-17H2,1H3/q+1. The van der Waals surface area contributed by atoms with Gasteiger partial charge in [0.05, 0.1) is 19.2 Å². The van der Waals surface area contributed by atoms with Crippen LogP contribution in [0.4, 0.5) is 5.69 Å². The fourth-order valence-corrected chi connectivity index (χ4v) is 4.21. The van der Waals surface area contributed by atoms with Gasteiger partial charge in [0, 0.05) is 19.5 Å². The summed E-state index contributed by atoms with van der Waals surface area (Å²) in [5.41, 5.74) is 4.03. The SMILES string of the molecule is Cc1ccc([N+]2(C3(Cc4ccccc4)NCCN3)C=CCC2)cc1. The van der Waals surface area contributed by atoms with Crippen LogP contribution in [0.3, 0.4) is 0 Å². The summed E-state index contributed by atoms with van der Waals surface area (Å²) in [6, 6.07) is 19.9. The van der Waals surface area contributed by atoms with E-state index >= 15 is 0 Å². The van der Waals surface area contributed by atoms with E-state index in [1.165, 1.54) is 16.8 Å². The Morgan fingerprint density at radius 1 is 0.958 bits per heavy atom. The summed E-state index contributed by atoms with van der Waals surface area (Å²) in [5.74, 6) is -0.177. The lowest BCUT2D eigenvalue weighted by Gasteiger charge is -2.47. The Hall–Kier alpha value is -1.94. The van der Waals surface area contributed by atoms with E-state index in [1.54, 1.807) is 0 Å². The molecule has 2 aliphatic heterocycles. The van der Waals surface area contributed by atoms with E-state index in [0.717, 1.165) is 37.0 Å². The lowest BCUT2D eigenvalue weighted by Crippen LogP contribution is -2.73. The summed E-state index contributed by atoms with van der Waals surface area (Å²) >= 11 is 0. The molecule has 2 N–H and O–H groups in total. The number of nitrogens with zero attached hydrogens (tertiary/aromatic N) is 1. The number of aryl methyl sites for hydroxylation is 1. The third kappa shape index (κ3) is 2.49. The lowest BCUT2D eigenvalue weighted by molar-refractivity contribution is 0.114. The smallest absolute Gasteiger partial charge is 0.223 e. The van der Waals surface area contributed by atoms with Gasteiger partial charge in [-0.3, -0.25) is 0 Å². The summed E-state index contributed by atoms with van der Waals surface area (Å²) in [4.78, 5) is 0. The zero-order chi connectivity index (χ0) is 16.5. The highest BCUT2D eigenvalue weighted by Gasteiger charge is 2.54. The first kappa shape index (κ1) is 15.6. The molecule has 0 aromatic heterocycles. The molecule has 2 heterocycles. The maximum absolute atomic E-state index is 3.82. The van der Waals surface area contributed by atoms with Crippen molar-refractivity contribution in [3.05, 3.63) is 78.0 Å². The summed E-state index contributed by atoms with van der Waals surface area (Å²) in [7, 11) is 0. The number of rotatable bonds is 4. The fourth-order valence-electron chi connectivity index (χ4n) is 4.21. The molecule has 4 rings (SSSR count). The van der Waals surface area contributed by atoms with E-state index in [-0.39, 0.29) is 5.79 Å². The van der Waals surface area contributed by atoms with Gasteiger partial charge in [-0.05, 0) is 30.7 Å². The van der Waals surface area contributed by atoms with Crippen molar-refractivity contribution >= 4 is 5.69 Å². The zero-order valence-corrected chi connectivity index (χ0v) is 14.3. The van der Waals surface area contributed by atoms with Gasteiger partial charge in [0.2, 0.25) is 5.79 Å². The van der Waals surface area contributed by atoms with Gasteiger partial charge in [-0.15, -0.1) is 0 Å². The van der Waals surface area contributed by atoms with Gasteiger partial charge in [-0.2, -0.15) is 0 Å². The quantitative estimate of drug-likeness (QED) is 0.845. The second-order valence-corrected chi connectivity index (χ2v) is 6.98. The summed E-state index contributed by atoms with van der Waals surface area (Å²) in [6.07, 6.45) is 6.80. The number of nitrogens with one attached hydrogen (secondary N) is 2. The van der Waals surface area contributed by atoms with Crippen LogP contribution in [0.1, 0.15) is 17.5 Å². The van der Waals surface area contributed by atoms with Crippen molar-refractivity contribution < 1.29 is 0 Å². The van der Waals surface area contributed by atoms with Gasteiger partial charge in [-0.1, -0.05) is 48.0 Å². The minimum Gasteiger partial charge on any atom is -0.249 e. The molecule has 0 bridgehead atoms. The molecule has 3 nitrogen and oxygen atoms in total. The van der Waals surface area contributed by atoms with E-state index in [2.05, 4.69) is 84.4 Å². The van der Waals surface area contributed by atoms with Gasteiger partial charge in [0.15, 0.2) is 0 Å². The first-order chi connectivity index (χ1) is 11.7. The van der Waals surface area contributed by atoms with Crippen LogP contribution < -0.4 is 15.1 Å². The van der Waals surface area contributed by atoms with Crippen molar-refractivity contribution in [1.29, 1.82) is 0 Å². The molecule has 1 fully saturated rings. The summed E-state index contributed by atoms with van der Waals surface area (Å²) in [6.45, 7) is 5.26. The minimum absolute atomic E-state index is 0.177. The van der Waals surface area contributed by atoms with E-state index in [9.17, 15) is 0 Å². The highest BCUT2D eigenvalue weighted by atomic mass is 15.6. The molecular formula is C21H26N3+. The number of quaternary nitrogens is 1. The number of hydrogen-bond acceptors (Lipinski definition) is 2. The third-order valence-electron chi connectivity index (χ3n) is 5.45. The molecule has 3 heteroatoms. The summed E-state index contributed by atoms with van der Waals surface area (Å²) < 4.78 is 0.835. The van der Waals surface area contributed by atoms with Crippen molar-refractivity contribution in [2.24, 2.45) is 0 Å². The van der Waals surface area contributed by atoms with Crippen LogP contribution in [0.25, 0.3) is 0 Å². The first-order valence-electron chi connectivity index (χ1n) is 8.91. The molecule has 1 unspecified atom stereocenters. The van der Waals surface area contributed by atoms with Crippen molar-refractivity contribution in [1.82, 2.24) is 15.1 Å². The zero-order valence-electron chi connectivity index (χ0n) is 14.3.